The Labute approximate surface area is 127 Å². The summed E-state index contributed by atoms with van der Waals surface area (Å²) in [6.45, 7) is 1.56. The van der Waals surface area contributed by atoms with E-state index in [0.29, 0.717) is 23.7 Å². The van der Waals surface area contributed by atoms with Crippen molar-refractivity contribution in [1.29, 1.82) is 0 Å². The number of hydrogen-bond donors (Lipinski definition) is 2. The van der Waals surface area contributed by atoms with Gasteiger partial charge in [0.05, 0.1) is 0 Å². The second-order valence-corrected chi connectivity index (χ2v) is 6.30. The number of fused-ring (bicyclic) bond motifs is 1. The van der Waals surface area contributed by atoms with E-state index in [1.165, 1.54) is 12.8 Å². The van der Waals surface area contributed by atoms with Crippen LogP contribution in [-0.4, -0.2) is 26.5 Å². The maximum Gasteiger partial charge on any atom is 0.226 e. The van der Waals surface area contributed by atoms with Crippen LogP contribution < -0.4 is 5.32 Å². The first-order valence-electron chi connectivity index (χ1n) is 7.59. The van der Waals surface area contributed by atoms with Gasteiger partial charge >= 0.3 is 0 Å². The molecule has 1 aliphatic carbocycles. The first-order valence-corrected chi connectivity index (χ1v) is 7.59. The molecular weight excluding hydrogens is 280 g/mol. The topological polar surface area (TPSA) is 79.8 Å². The van der Waals surface area contributed by atoms with Crippen molar-refractivity contribution < 1.29 is 9.59 Å². The van der Waals surface area contributed by atoms with Crippen molar-refractivity contribution in [2.24, 2.45) is 7.05 Å². The number of carbonyl (C=O) groups is 2. The van der Waals surface area contributed by atoms with E-state index in [1.54, 1.807) is 6.92 Å². The number of amides is 1. The second-order valence-electron chi connectivity index (χ2n) is 6.30. The number of nitrogens with one attached hydrogen (secondary N) is 2. The van der Waals surface area contributed by atoms with Gasteiger partial charge in [-0.25, -0.2) is 0 Å². The second kappa shape index (κ2) is 4.56. The molecule has 1 saturated carbocycles. The van der Waals surface area contributed by atoms with Crippen LogP contribution in [0.2, 0.25) is 0 Å². The summed E-state index contributed by atoms with van der Waals surface area (Å²) in [5.74, 6) is 1.14. The number of Topliss-reactive ketones (excluding diaryl/α,β-unsaturated/α-hetero) is 1. The predicted octanol–water partition coefficient (Wildman–Crippen LogP) is 2.30. The van der Waals surface area contributed by atoms with Crippen LogP contribution in [0.3, 0.4) is 0 Å². The van der Waals surface area contributed by atoms with Crippen LogP contribution in [0.5, 0.6) is 0 Å². The molecular formula is C16H18N4O2. The summed E-state index contributed by atoms with van der Waals surface area (Å²) in [5.41, 5.74) is 3.91. The van der Waals surface area contributed by atoms with Crippen molar-refractivity contribution in [2.45, 2.75) is 38.0 Å². The molecule has 1 atom stereocenters. The number of aryl methyl sites for hydroxylation is 1. The van der Waals surface area contributed by atoms with Gasteiger partial charge in [-0.1, -0.05) is 0 Å². The van der Waals surface area contributed by atoms with Crippen molar-refractivity contribution >= 4 is 17.5 Å². The minimum atomic E-state index is -0.0452. The van der Waals surface area contributed by atoms with Gasteiger partial charge in [0.15, 0.2) is 11.6 Å². The molecule has 114 valence electrons. The molecule has 6 nitrogen and oxygen atoms in total. The van der Waals surface area contributed by atoms with Gasteiger partial charge in [0.2, 0.25) is 5.91 Å². The highest BCUT2D eigenvalue weighted by atomic mass is 16.1. The normalized spacial score (nSPS) is 20.6. The number of nitrogens with zero attached hydrogens (tertiary/aromatic N) is 2. The summed E-state index contributed by atoms with van der Waals surface area (Å²) in [4.78, 5) is 23.6. The van der Waals surface area contributed by atoms with Crippen molar-refractivity contribution in [3.8, 4) is 0 Å². The van der Waals surface area contributed by atoms with Crippen LogP contribution in [0.25, 0.3) is 0 Å². The molecule has 2 aliphatic rings. The van der Waals surface area contributed by atoms with Gasteiger partial charge in [0, 0.05) is 54.0 Å². The molecule has 0 aromatic carbocycles. The summed E-state index contributed by atoms with van der Waals surface area (Å²) < 4.78 is 1.95. The molecule has 2 aromatic heterocycles. The molecule has 0 bridgehead atoms. The number of rotatable bonds is 3. The lowest BCUT2D eigenvalue weighted by atomic mass is 9.87. The highest BCUT2D eigenvalue weighted by molar-refractivity contribution is 5.96. The average Bonchev–Trinajstić information content (AvgIpc) is 3.10. The molecule has 2 N–H and O–H groups in total. The SMILES string of the molecule is CC(=O)c1cc(C2CC(=O)Nc3n[nH]c(C4CC4)c32)n(C)c1. The quantitative estimate of drug-likeness (QED) is 0.853. The number of ketones is 1. The van der Waals surface area contributed by atoms with Gasteiger partial charge in [-0.15, -0.1) is 0 Å². The Morgan fingerprint density at radius 3 is 2.82 bits per heavy atom. The lowest BCUT2D eigenvalue weighted by molar-refractivity contribution is -0.116. The molecule has 1 amide bonds. The Hall–Kier alpha value is -2.37. The molecule has 22 heavy (non-hydrogen) atoms. The number of hydrogen-bond acceptors (Lipinski definition) is 3. The lowest BCUT2D eigenvalue weighted by Crippen LogP contribution is -2.24. The number of carbonyl (C=O) groups excluding carboxylic acids is 2. The van der Waals surface area contributed by atoms with Crippen LogP contribution >= 0.6 is 0 Å². The summed E-state index contributed by atoms with van der Waals surface area (Å²) in [7, 11) is 1.92. The zero-order valence-electron chi connectivity index (χ0n) is 12.6. The fourth-order valence-electron chi connectivity index (χ4n) is 3.34. The lowest BCUT2D eigenvalue weighted by Gasteiger charge is -2.23. The van der Waals surface area contributed by atoms with Gasteiger partial charge in [0.1, 0.15) is 0 Å². The largest absolute Gasteiger partial charge is 0.353 e. The van der Waals surface area contributed by atoms with E-state index >= 15 is 0 Å². The van der Waals surface area contributed by atoms with Crippen LogP contribution in [0, 0.1) is 0 Å². The smallest absolute Gasteiger partial charge is 0.226 e. The summed E-state index contributed by atoms with van der Waals surface area (Å²) in [5, 5.41) is 10.2. The number of aromatic amines is 1. The zero-order chi connectivity index (χ0) is 15.4. The predicted molar refractivity (Wildman–Crippen MR) is 81.1 cm³/mol. The van der Waals surface area contributed by atoms with Crippen LogP contribution in [0.15, 0.2) is 12.3 Å². The van der Waals surface area contributed by atoms with Crippen molar-refractivity contribution in [3.05, 3.63) is 34.8 Å². The highest BCUT2D eigenvalue weighted by Crippen LogP contribution is 2.47. The van der Waals surface area contributed by atoms with E-state index in [-0.39, 0.29) is 17.6 Å². The number of anilines is 1. The molecule has 0 saturated heterocycles. The molecule has 3 heterocycles. The monoisotopic (exact) mass is 298 g/mol. The van der Waals surface area contributed by atoms with Crippen molar-refractivity contribution in [1.82, 2.24) is 14.8 Å². The standard InChI is InChI=1S/C16H18N4O2/c1-8(21)10-5-12(20(2)7-10)11-6-13(22)17-16-14(11)15(18-19-16)9-3-4-9/h5,7,9,11H,3-4,6H2,1-2H3,(H2,17,18,19,22). The molecule has 2 aromatic rings. The molecule has 0 spiro atoms. The van der Waals surface area contributed by atoms with Gasteiger partial charge in [-0.3, -0.25) is 14.7 Å². The van der Waals surface area contributed by atoms with E-state index < -0.39 is 0 Å². The minimum Gasteiger partial charge on any atom is -0.353 e. The van der Waals surface area contributed by atoms with Crippen molar-refractivity contribution in [2.75, 3.05) is 5.32 Å². The fourth-order valence-corrected chi connectivity index (χ4v) is 3.34. The molecule has 1 unspecified atom stereocenters. The first-order chi connectivity index (χ1) is 10.5. The Balaban J connectivity index is 1.84. The van der Waals surface area contributed by atoms with Crippen LogP contribution in [0.1, 0.15) is 65.3 Å². The van der Waals surface area contributed by atoms with Gasteiger partial charge in [-0.05, 0) is 25.8 Å². The maximum atomic E-state index is 12.0. The third-order valence-electron chi connectivity index (χ3n) is 4.62. The van der Waals surface area contributed by atoms with E-state index in [9.17, 15) is 9.59 Å². The van der Waals surface area contributed by atoms with Crippen LogP contribution in [-0.2, 0) is 11.8 Å². The maximum absolute atomic E-state index is 12.0. The molecule has 4 rings (SSSR count). The van der Waals surface area contributed by atoms with E-state index in [2.05, 4.69) is 15.5 Å². The third-order valence-corrected chi connectivity index (χ3v) is 4.62. The number of aromatic nitrogens is 3. The van der Waals surface area contributed by atoms with E-state index in [0.717, 1.165) is 17.0 Å². The van der Waals surface area contributed by atoms with Gasteiger partial charge < -0.3 is 9.88 Å². The zero-order valence-corrected chi connectivity index (χ0v) is 12.6. The average molecular weight is 298 g/mol. The minimum absolute atomic E-state index is 0.0306. The third kappa shape index (κ3) is 1.98. The number of H-pyrrole nitrogens is 1. The van der Waals surface area contributed by atoms with E-state index in [1.807, 2.05) is 23.9 Å². The Bertz CT molecular complexity index is 782. The summed E-state index contributed by atoms with van der Waals surface area (Å²) in [6, 6.07) is 1.90. The summed E-state index contributed by atoms with van der Waals surface area (Å²) in [6.07, 6.45) is 4.56. The van der Waals surface area contributed by atoms with E-state index in [4.69, 9.17) is 0 Å². The van der Waals surface area contributed by atoms with Gasteiger partial charge in [0.25, 0.3) is 0 Å². The van der Waals surface area contributed by atoms with Gasteiger partial charge in [-0.2, -0.15) is 5.10 Å². The molecule has 1 fully saturated rings. The Morgan fingerprint density at radius 1 is 1.41 bits per heavy atom. The van der Waals surface area contributed by atoms with Crippen LogP contribution in [0.4, 0.5) is 5.82 Å². The summed E-state index contributed by atoms with van der Waals surface area (Å²) >= 11 is 0. The van der Waals surface area contributed by atoms with Crippen molar-refractivity contribution in [3.63, 3.8) is 0 Å². The Morgan fingerprint density at radius 2 is 2.18 bits per heavy atom. The highest BCUT2D eigenvalue weighted by Gasteiger charge is 2.38. The fraction of sp³-hybridized carbons (Fsp3) is 0.438. The first kappa shape index (κ1) is 13.3. The Kier molecular flexibility index (Phi) is 2.76. The molecule has 1 aliphatic heterocycles. The molecule has 0 radical (unpaired) electrons. The molecule has 6 heteroatoms.